The van der Waals surface area contributed by atoms with Crippen LogP contribution in [0.15, 0.2) is 11.1 Å². The SMILES string of the molecule is COC(=O)c1c(C)nn2nc[nH]c(=O)c12. The lowest BCUT2D eigenvalue weighted by Crippen LogP contribution is -2.14. The Kier molecular flexibility index (Phi) is 2.00. The smallest absolute Gasteiger partial charge is 0.342 e. The van der Waals surface area contributed by atoms with Crippen LogP contribution in [-0.2, 0) is 4.74 Å². The van der Waals surface area contributed by atoms with Crippen molar-refractivity contribution in [1.82, 2.24) is 19.8 Å². The highest BCUT2D eigenvalue weighted by atomic mass is 16.5. The standard InChI is InChI=1S/C8H8N4O3/c1-4-5(8(14)15-2)6-7(13)9-3-10-12(6)11-4/h3H,1-2H3,(H,9,10,13). The lowest BCUT2D eigenvalue weighted by atomic mass is 10.2. The molecule has 0 radical (unpaired) electrons. The molecule has 2 rings (SSSR count). The van der Waals surface area contributed by atoms with Gasteiger partial charge >= 0.3 is 5.97 Å². The zero-order valence-corrected chi connectivity index (χ0v) is 8.14. The Labute approximate surface area is 83.7 Å². The van der Waals surface area contributed by atoms with Crippen LogP contribution in [0.25, 0.3) is 5.52 Å². The number of carbonyl (C=O) groups excluding carboxylic acids is 1. The summed E-state index contributed by atoms with van der Waals surface area (Å²) >= 11 is 0. The summed E-state index contributed by atoms with van der Waals surface area (Å²) in [6.45, 7) is 1.61. The third kappa shape index (κ3) is 1.28. The summed E-state index contributed by atoms with van der Waals surface area (Å²) in [6.07, 6.45) is 1.21. The molecule has 78 valence electrons. The Morgan fingerprint density at radius 2 is 2.33 bits per heavy atom. The maximum absolute atomic E-state index is 11.5. The molecule has 15 heavy (non-hydrogen) atoms. The molecule has 0 amide bonds. The molecule has 7 nitrogen and oxygen atoms in total. The van der Waals surface area contributed by atoms with E-state index < -0.39 is 11.5 Å². The van der Waals surface area contributed by atoms with Crippen LogP contribution in [0.5, 0.6) is 0 Å². The molecule has 2 aromatic rings. The third-order valence-corrected chi connectivity index (χ3v) is 2.01. The zero-order valence-electron chi connectivity index (χ0n) is 8.14. The number of esters is 1. The lowest BCUT2D eigenvalue weighted by molar-refractivity contribution is 0.0602. The van der Waals surface area contributed by atoms with Gasteiger partial charge in [0.05, 0.1) is 12.8 Å². The van der Waals surface area contributed by atoms with Crippen LogP contribution in [0.3, 0.4) is 0 Å². The summed E-state index contributed by atoms with van der Waals surface area (Å²) in [5.41, 5.74) is 0.228. The molecule has 0 saturated heterocycles. The maximum atomic E-state index is 11.5. The summed E-state index contributed by atoms with van der Waals surface area (Å²) in [5, 5.41) is 7.71. The summed E-state index contributed by atoms with van der Waals surface area (Å²) in [6, 6.07) is 0. The van der Waals surface area contributed by atoms with Gasteiger partial charge in [-0.1, -0.05) is 0 Å². The van der Waals surface area contributed by atoms with Gasteiger partial charge in [-0.15, -0.1) is 9.73 Å². The highest BCUT2D eigenvalue weighted by Gasteiger charge is 2.20. The summed E-state index contributed by atoms with van der Waals surface area (Å²) in [4.78, 5) is 25.2. The number of nitrogens with one attached hydrogen (secondary N) is 1. The van der Waals surface area contributed by atoms with Gasteiger partial charge in [-0.3, -0.25) is 4.79 Å². The fourth-order valence-corrected chi connectivity index (χ4v) is 1.36. The van der Waals surface area contributed by atoms with E-state index in [1.54, 1.807) is 6.92 Å². The van der Waals surface area contributed by atoms with Gasteiger partial charge in [0.25, 0.3) is 5.56 Å². The molecular weight excluding hydrogens is 200 g/mol. The van der Waals surface area contributed by atoms with Crippen molar-refractivity contribution in [2.75, 3.05) is 7.11 Å². The van der Waals surface area contributed by atoms with Crippen LogP contribution in [0.1, 0.15) is 16.1 Å². The van der Waals surface area contributed by atoms with Crippen LogP contribution < -0.4 is 5.56 Å². The van der Waals surface area contributed by atoms with E-state index in [0.29, 0.717) is 5.69 Å². The minimum absolute atomic E-state index is 0.0989. The van der Waals surface area contributed by atoms with E-state index in [1.807, 2.05) is 0 Å². The maximum Gasteiger partial charge on any atom is 0.342 e. The molecule has 0 unspecified atom stereocenters. The number of hydrogen-bond donors (Lipinski definition) is 1. The van der Waals surface area contributed by atoms with Crippen LogP contribution in [0.2, 0.25) is 0 Å². The monoisotopic (exact) mass is 208 g/mol. The van der Waals surface area contributed by atoms with E-state index in [0.717, 1.165) is 4.63 Å². The Balaban J connectivity index is 2.89. The van der Waals surface area contributed by atoms with Gasteiger partial charge in [0.1, 0.15) is 11.9 Å². The molecule has 0 aliphatic heterocycles. The molecule has 7 heteroatoms. The number of carbonyl (C=O) groups is 1. The number of aromatic nitrogens is 4. The quantitative estimate of drug-likeness (QED) is 0.639. The van der Waals surface area contributed by atoms with Crippen molar-refractivity contribution in [2.45, 2.75) is 6.92 Å². The van der Waals surface area contributed by atoms with Crippen molar-refractivity contribution in [3.05, 3.63) is 27.9 Å². The van der Waals surface area contributed by atoms with Crippen molar-refractivity contribution in [3.8, 4) is 0 Å². The molecule has 0 bridgehead atoms. The van der Waals surface area contributed by atoms with Crippen molar-refractivity contribution in [1.29, 1.82) is 0 Å². The fraction of sp³-hybridized carbons (Fsp3) is 0.250. The zero-order chi connectivity index (χ0) is 11.0. The molecule has 0 aliphatic rings. The Hall–Kier alpha value is -2.18. The topological polar surface area (TPSA) is 89.3 Å². The number of aryl methyl sites for hydroxylation is 1. The fourth-order valence-electron chi connectivity index (χ4n) is 1.36. The number of hydrogen-bond acceptors (Lipinski definition) is 5. The van der Waals surface area contributed by atoms with Gasteiger partial charge < -0.3 is 9.72 Å². The predicted octanol–water partition coefficient (Wildman–Crippen LogP) is -0.487. The van der Waals surface area contributed by atoms with Crippen molar-refractivity contribution in [3.63, 3.8) is 0 Å². The van der Waals surface area contributed by atoms with Crippen molar-refractivity contribution < 1.29 is 9.53 Å². The second-order valence-electron chi connectivity index (χ2n) is 2.91. The van der Waals surface area contributed by atoms with Gasteiger partial charge in [-0.05, 0) is 6.92 Å². The summed E-state index contributed by atoms with van der Waals surface area (Å²) < 4.78 is 5.68. The first-order valence-corrected chi connectivity index (χ1v) is 4.16. The number of nitrogens with zero attached hydrogens (tertiary/aromatic N) is 3. The first-order chi connectivity index (χ1) is 7.15. The molecule has 0 spiro atoms. The Bertz CT molecular complexity index is 583. The number of fused-ring (bicyclic) bond motifs is 1. The second-order valence-corrected chi connectivity index (χ2v) is 2.91. The summed E-state index contributed by atoms with van der Waals surface area (Å²) in [5.74, 6) is -0.596. The van der Waals surface area contributed by atoms with E-state index >= 15 is 0 Å². The molecule has 0 aromatic carbocycles. The van der Waals surface area contributed by atoms with E-state index in [2.05, 4.69) is 19.9 Å². The normalized spacial score (nSPS) is 10.5. The van der Waals surface area contributed by atoms with Gasteiger partial charge in [0, 0.05) is 0 Å². The van der Waals surface area contributed by atoms with Gasteiger partial charge in [0.15, 0.2) is 5.52 Å². The van der Waals surface area contributed by atoms with E-state index in [-0.39, 0.29) is 11.1 Å². The minimum atomic E-state index is -0.596. The minimum Gasteiger partial charge on any atom is -0.465 e. The number of H-pyrrole nitrogens is 1. The van der Waals surface area contributed by atoms with E-state index in [9.17, 15) is 9.59 Å². The van der Waals surface area contributed by atoms with Gasteiger partial charge in [-0.2, -0.15) is 5.10 Å². The first-order valence-electron chi connectivity index (χ1n) is 4.16. The highest BCUT2D eigenvalue weighted by Crippen LogP contribution is 2.11. The van der Waals surface area contributed by atoms with Crippen molar-refractivity contribution >= 4 is 11.5 Å². The molecule has 2 aromatic heterocycles. The van der Waals surface area contributed by atoms with Crippen LogP contribution >= 0.6 is 0 Å². The molecule has 0 fully saturated rings. The number of methoxy groups -OCH3 is 1. The average Bonchev–Trinajstić information content (AvgIpc) is 2.55. The van der Waals surface area contributed by atoms with Gasteiger partial charge in [0.2, 0.25) is 0 Å². The van der Waals surface area contributed by atoms with E-state index in [4.69, 9.17) is 0 Å². The van der Waals surface area contributed by atoms with Crippen molar-refractivity contribution in [2.24, 2.45) is 0 Å². The number of rotatable bonds is 1. The van der Waals surface area contributed by atoms with Gasteiger partial charge in [-0.25, -0.2) is 4.79 Å². The van der Waals surface area contributed by atoms with Crippen LogP contribution in [0, 0.1) is 6.92 Å². The van der Waals surface area contributed by atoms with E-state index in [1.165, 1.54) is 13.4 Å². The molecule has 1 N–H and O–H groups in total. The second kappa shape index (κ2) is 3.19. The molecule has 0 saturated carbocycles. The molecule has 0 atom stereocenters. The third-order valence-electron chi connectivity index (χ3n) is 2.01. The average molecular weight is 208 g/mol. The molecular formula is C8H8N4O3. The van der Waals surface area contributed by atoms with Crippen LogP contribution in [0.4, 0.5) is 0 Å². The van der Waals surface area contributed by atoms with Crippen LogP contribution in [-0.4, -0.2) is 32.9 Å². The number of aromatic amines is 1. The first kappa shape index (κ1) is 9.38. The Morgan fingerprint density at radius 1 is 1.60 bits per heavy atom. The molecule has 0 aliphatic carbocycles. The lowest BCUT2D eigenvalue weighted by Gasteiger charge is -1.95. The largest absolute Gasteiger partial charge is 0.465 e. The Morgan fingerprint density at radius 3 is 3.00 bits per heavy atom. The predicted molar refractivity (Wildman–Crippen MR) is 49.7 cm³/mol. The summed E-state index contributed by atoms with van der Waals surface area (Å²) in [7, 11) is 1.25. The highest BCUT2D eigenvalue weighted by molar-refractivity contribution is 5.97. The number of ether oxygens (including phenoxy) is 1. The molecule has 2 heterocycles.